The summed E-state index contributed by atoms with van der Waals surface area (Å²) in [6, 6.07) is 3.83. The van der Waals surface area contributed by atoms with Gasteiger partial charge in [0.15, 0.2) is 0 Å². The molecule has 0 fully saturated rings. The van der Waals surface area contributed by atoms with Crippen LogP contribution in [0.1, 0.15) is 18.3 Å². The number of nitrogens with two attached hydrogens (primary N) is 1. The molecule has 10 heavy (non-hydrogen) atoms. The summed E-state index contributed by atoms with van der Waals surface area (Å²) >= 11 is 0. The van der Waals surface area contributed by atoms with Gasteiger partial charge in [-0.15, -0.1) is 0 Å². The van der Waals surface area contributed by atoms with Crippen LogP contribution in [0.3, 0.4) is 0 Å². The maximum atomic E-state index is 5.64. The van der Waals surface area contributed by atoms with Crippen molar-refractivity contribution < 1.29 is 0 Å². The first kappa shape index (κ1) is 7.06. The molecule has 2 nitrogen and oxygen atoms in total. The van der Waals surface area contributed by atoms with Crippen molar-refractivity contribution in [2.75, 3.05) is 5.73 Å². The van der Waals surface area contributed by atoms with Crippen LogP contribution in [0, 0.1) is 6.92 Å². The standard InChI is InChI=1S/C8H12N2/c1-3-8-7(9)5-4-6(2)10-8/h4-5H,3,9H2,1-2H3. The predicted octanol–water partition coefficient (Wildman–Crippen LogP) is 1.53. The third kappa shape index (κ3) is 1.26. The van der Waals surface area contributed by atoms with Crippen molar-refractivity contribution in [2.24, 2.45) is 0 Å². The summed E-state index contributed by atoms with van der Waals surface area (Å²) in [5.41, 5.74) is 8.47. The Labute approximate surface area is 61.1 Å². The lowest BCUT2D eigenvalue weighted by Gasteiger charge is -2.01. The zero-order valence-corrected chi connectivity index (χ0v) is 6.39. The van der Waals surface area contributed by atoms with E-state index in [2.05, 4.69) is 11.9 Å². The largest absolute Gasteiger partial charge is 0.397 e. The van der Waals surface area contributed by atoms with Crippen LogP contribution < -0.4 is 5.73 Å². The van der Waals surface area contributed by atoms with Gasteiger partial charge in [-0.05, 0) is 25.5 Å². The lowest BCUT2D eigenvalue weighted by atomic mass is 10.2. The van der Waals surface area contributed by atoms with Crippen molar-refractivity contribution in [1.82, 2.24) is 4.98 Å². The van der Waals surface area contributed by atoms with E-state index in [1.165, 1.54) is 0 Å². The van der Waals surface area contributed by atoms with Gasteiger partial charge in [0.25, 0.3) is 0 Å². The van der Waals surface area contributed by atoms with E-state index in [1.54, 1.807) is 0 Å². The van der Waals surface area contributed by atoms with E-state index >= 15 is 0 Å². The monoisotopic (exact) mass is 136 g/mol. The molecule has 0 radical (unpaired) electrons. The smallest absolute Gasteiger partial charge is 0.0632 e. The third-order valence-electron chi connectivity index (χ3n) is 1.48. The van der Waals surface area contributed by atoms with Crippen molar-refractivity contribution in [1.29, 1.82) is 0 Å². The highest BCUT2D eigenvalue weighted by molar-refractivity contribution is 5.42. The van der Waals surface area contributed by atoms with Crippen molar-refractivity contribution in [2.45, 2.75) is 20.3 Å². The Balaban J connectivity index is 3.09. The second-order valence-corrected chi connectivity index (χ2v) is 2.34. The number of nitrogens with zero attached hydrogens (tertiary/aromatic N) is 1. The van der Waals surface area contributed by atoms with E-state index in [0.29, 0.717) is 0 Å². The van der Waals surface area contributed by atoms with E-state index in [0.717, 1.165) is 23.5 Å². The molecule has 0 spiro atoms. The minimum Gasteiger partial charge on any atom is -0.397 e. The van der Waals surface area contributed by atoms with Gasteiger partial charge >= 0.3 is 0 Å². The molecule has 0 atom stereocenters. The van der Waals surface area contributed by atoms with Crippen molar-refractivity contribution in [3.8, 4) is 0 Å². The summed E-state index contributed by atoms with van der Waals surface area (Å²) in [5, 5.41) is 0. The second kappa shape index (κ2) is 2.69. The van der Waals surface area contributed by atoms with E-state index in [9.17, 15) is 0 Å². The molecule has 0 bridgehead atoms. The molecule has 0 aliphatic heterocycles. The first-order chi connectivity index (χ1) is 4.74. The van der Waals surface area contributed by atoms with Gasteiger partial charge in [-0.25, -0.2) is 0 Å². The van der Waals surface area contributed by atoms with Gasteiger partial charge in [0, 0.05) is 5.69 Å². The topological polar surface area (TPSA) is 38.9 Å². The van der Waals surface area contributed by atoms with Crippen LogP contribution in [0.15, 0.2) is 12.1 Å². The molecule has 0 amide bonds. The molecular weight excluding hydrogens is 124 g/mol. The van der Waals surface area contributed by atoms with Gasteiger partial charge in [-0.2, -0.15) is 0 Å². The van der Waals surface area contributed by atoms with Crippen molar-refractivity contribution in [3.63, 3.8) is 0 Å². The molecule has 2 N–H and O–H groups in total. The summed E-state index contributed by atoms with van der Waals surface area (Å²) in [7, 11) is 0. The van der Waals surface area contributed by atoms with Crippen LogP contribution in [-0.2, 0) is 6.42 Å². The number of aryl methyl sites for hydroxylation is 2. The Morgan fingerprint density at radius 2 is 2.20 bits per heavy atom. The fourth-order valence-corrected chi connectivity index (χ4v) is 0.904. The maximum absolute atomic E-state index is 5.64. The first-order valence-electron chi connectivity index (χ1n) is 3.46. The fourth-order valence-electron chi connectivity index (χ4n) is 0.904. The SMILES string of the molecule is CCc1nc(C)ccc1N. The second-order valence-electron chi connectivity index (χ2n) is 2.34. The lowest BCUT2D eigenvalue weighted by molar-refractivity contribution is 1.01. The van der Waals surface area contributed by atoms with Gasteiger partial charge in [0.1, 0.15) is 0 Å². The van der Waals surface area contributed by atoms with Crippen LogP contribution in [0.2, 0.25) is 0 Å². The van der Waals surface area contributed by atoms with Crippen molar-refractivity contribution >= 4 is 5.69 Å². The number of pyridine rings is 1. The minimum atomic E-state index is 0.799. The van der Waals surface area contributed by atoms with E-state index in [1.807, 2.05) is 19.1 Å². The molecule has 1 aromatic heterocycles. The number of rotatable bonds is 1. The maximum Gasteiger partial charge on any atom is 0.0632 e. The summed E-state index contributed by atoms with van der Waals surface area (Å²) in [6.45, 7) is 4.02. The molecule has 0 unspecified atom stereocenters. The van der Waals surface area contributed by atoms with E-state index in [-0.39, 0.29) is 0 Å². The third-order valence-corrected chi connectivity index (χ3v) is 1.48. The Hall–Kier alpha value is -1.05. The van der Waals surface area contributed by atoms with Crippen LogP contribution in [0.5, 0.6) is 0 Å². The van der Waals surface area contributed by atoms with Gasteiger partial charge in [-0.1, -0.05) is 6.92 Å². The summed E-state index contributed by atoms with van der Waals surface area (Å²) in [5.74, 6) is 0. The molecule has 0 saturated heterocycles. The van der Waals surface area contributed by atoms with Gasteiger partial charge in [0.2, 0.25) is 0 Å². The Bertz CT molecular complexity index is 231. The fraction of sp³-hybridized carbons (Fsp3) is 0.375. The Morgan fingerprint density at radius 1 is 1.50 bits per heavy atom. The summed E-state index contributed by atoms with van der Waals surface area (Å²) < 4.78 is 0. The Kier molecular flexibility index (Phi) is 1.90. The molecule has 0 aliphatic carbocycles. The number of hydrogen-bond acceptors (Lipinski definition) is 2. The number of anilines is 1. The molecule has 1 rings (SSSR count). The highest BCUT2D eigenvalue weighted by atomic mass is 14.7. The lowest BCUT2D eigenvalue weighted by Crippen LogP contribution is -1.97. The summed E-state index contributed by atoms with van der Waals surface area (Å²) in [4.78, 5) is 4.27. The molecule has 2 heteroatoms. The van der Waals surface area contributed by atoms with Crippen LogP contribution in [-0.4, -0.2) is 4.98 Å². The first-order valence-corrected chi connectivity index (χ1v) is 3.46. The molecule has 54 valence electrons. The van der Waals surface area contributed by atoms with Crippen LogP contribution in [0.4, 0.5) is 5.69 Å². The molecule has 0 aromatic carbocycles. The number of hydrogen-bond donors (Lipinski definition) is 1. The van der Waals surface area contributed by atoms with Gasteiger partial charge in [-0.3, -0.25) is 4.98 Å². The molecule has 0 saturated carbocycles. The minimum absolute atomic E-state index is 0.799. The average molecular weight is 136 g/mol. The zero-order valence-electron chi connectivity index (χ0n) is 6.39. The van der Waals surface area contributed by atoms with Gasteiger partial charge in [0.05, 0.1) is 11.4 Å². The number of aromatic nitrogens is 1. The summed E-state index contributed by atoms with van der Waals surface area (Å²) in [6.07, 6.45) is 0.910. The highest BCUT2D eigenvalue weighted by Crippen LogP contribution is 2.08. The molecular formula is C8H12N2. The Morgan fingerprint density at radius 3 is 2.70 bits per heavy atom. The van der Waals surface area contributed by atoms with Crippen LogP contribution >= 0.6 is 0 Å². The number of nitrogen functional groups attached to an aromatic ring is 1. The van der Waals surface area contributed by atoms with Crippen molar-refractivity contribution in [3.05, 3.63) is 23.5 Å². The highest BCUT2D eigenvalue weighted by Gasteiger charge is 1.95. The quantitative estimate of drug-likeness (QED) is 0.636. The molecule has 0 aliphatic rings. The average Bonchev–Trinajstić information content (AvgIpc) is 1.94. The zero-order chi connectivity index (χ0) is 7.56. The van der Waals surface area contributed by atoms with E-state index in [4.69, 9.17) is 5.73 Å². The van der Waals surface area contributed by atoms with Crippen LogP contribution in [0.25, 0.3) is 0 Å². The molecule has 1 heterocycles. The predicted molar refractivity (Wildman–Crippen MR) is 42.8 cm³/mol. The normalized spacial score (nSPS) is 9.80. The molecule has 1 aromatic rings. The van der Waals surface area contributed by atoms with E-state index < -0.39 is 0 Å². The van der Waals surface area contributed by atoms with Gasteiger partial charge < -0.3 is 5.73 Å².